The Bertz CT molecular complexity index is 96.6. The maximum atomic E-state index is 3.58. The van der Waals surface area contributed by atoms with Gasteiger partial charge in [0.25, 0.3) is 0 Å². The van der Waals surface area contributed by atoms with Gasteiger partial charge in [-0.05, 0) is 13.3 Å². The van der Waals surface area contributed by atoms with Gasteiger partial charge in [0.2, 0.25) is 0 Å². The molecule has 8 heavy (non-hydrogen) atoms. The third kappa shape index (κ3) is 5.22. The highest BCUT2D eigenvalue weighted by Gasteiger charge is 1.61. The molecule has 0 saturated heterocycles. The fourth-order valence-corrected chi connectivity index (χ4v) is 0.364. The molecule has 0 spiro atoms. The van der Waals surface area contributed by atoms with E-state index < -0.39 is 0 Å². The van der Waals surface area contributed by atoms with Gasteiger partial charge in [0.15, 0.2) is 0 Å². The molecule has 0 bridgehead atoms. The second kappa shape index (κ2) is 6.22. The Hall–Kier alpha value is -0.780. The van der Waals surface area contributed by atoms with Crippen LogP contribution in [0.2, 0.25) is 0 Å². The molecule has 0 aromatic rings. The van der Waals surface area contributed by atoms with Gasteiger partial charge in [0, 0.05) is 0 Å². The molecule has 0 nitrogen and oxygen atoms in total. The Balaban J connectivity index is 3.19. The Morgan fingerprint density at radius 3 is 2.62 bits per heavy atom. The molecule has 0 amide bonds. The monoisotopic (exact) mass is 108 g/mol. The van der Waals surface area contributed by atoms with Crippen LogP contribution in [-0.2, 0) is 0 Å². The molecule has 0 saturated carbocycles. The van der Waals surface area contributed by atoms with Gasteiger partial charge < -0.3 is 0 Å². The van der Waals surface area contributed by atoms with Crippen LogP contribution in [0.3, 0.4) is 0 Å². The van der Waals surface area contributed by atoms with E-state index in [0.29, 0.717) is 0 Å². The van der Waals surface area contributed by atoms with E-state index in [1.54, 1.807) is 0 Å². The van der Waals surface area contributed by atoms with Gasteiger partial charge in [-0.15, -0.1) is 6.58 Å². The molecule has 0 heterocycles. The summed E-state index contributed by atoms with van der Waals surface area (Å²) in [5, 5.41) is 0. The lowest BCUT2D eigenvalue weighted by atomic mass is 10.3. The summed E-state index contributed by atoms with van der Waals surface area (Å²) in [6.45, 7) is 5.58. The van der Waals surface area contributed by atoms with Gasteiger partial charge in [-0.1, -0.05) is 30.4 Å². The fraction of sp³-hybridized carbons (Fsp3) is 0.250. The smallest absolute Gasteiger partial charge is 0.0169 e. The normalized spacial score (nSPS) is 11.1. The second-order valence-corrected chi connectivity index (χ2v) is 1.48. The van der Waals surface area contributed by atoms with Crippen LogP contribution in [0.25, 0.3) is 0 Å². The average molecular weight is 108 g/mol. The topological polar surface area (TPSA) is 0 Å². The van der Waals surface area contributed by atoms with Crippen molar-refractivity contribution in [1.29, 1.82) is 0 Å². The number of allylic oxidation sites excluding steroid dienone is 5. The van der Waals surface area contributed by atoms with Crippen LogP contribution in [0.5, 0.6) is 0 Å². The van der Waals surface area contributed by atoms with Crippen molar-refractivity contribution >= 4 is 0 Å². The highest BCUT2D eigenvalue weighted by Crippen LogP contribution is 1.82. The van der Waals surface area contributed by atoms with Crippen molar-refractivity contribution in [1.82, 2.24) is 0 Å². The zero-order chi connectivity index (χ0) is 6.24. The van der Waals surface area contributed by atoms with Crippen LogP contribution in [-0.4, -0.2) is 0 Å². The van der Waals surface area contributed by atoms with Crippen LogP contribution in [0.1, 0.15) is 13.3 Å². The first-order chi connectivity index (χ1) is 3.91. The fourth-order valence-electron chi connectivity index (χ4n) is 0.364. The van der Waals surface area contributed by atoms with E-state index in [2.05, 4.69) is 12.7 Å². The highest BCUT2D eigenvalue weighted by atomic mass is 13.7. The molecule has 0 aromatic heterocycles. The van der Waals surface area contributed by atoms with E-state index in [-0.39, 0.29) is 0 Å². The van der Waals surface area contributed by atoms with Gasteiger partial charge in [-0.25, -0.2) is 0 Å². The molecule has 0 aliphatic heterocycles. The first kappa shape index (κ1) is 7.22. The third-order valence-electron chi connectivity index (χ3n) is 0.742. The van der Waals surface area contributed by atoms with E-state index in [0.717, 1.165) is 6.42 Å². The number of rotatable bonds is 3. The third-order valence-corrected chi connectivity index (χ3v) is 0.742. The molecular formula is C8H12. The molecule has 0 heteroatoms. The van der Waals surface area contributed by atoms with Crippen LogP contribution in [0, 0.1) is 0 Å². The minimum absolute atomic E-state index is 0.963. The van der Waals surface area contributed by atoms with Crippen LogP contribution >= 0.6 is 0 Å². The molecule has 0 aromatic carbocycles. The summed E-state index contributed by atoms with van der Waals surface area (Å²) < 4.78 is 0. The standard InChI is InChI=1S/C8H12/c1-3-5-7-8-6-4-2/h3-4,6-8H,1,5H2,2H3/b6-4+,8-7+. The van der Waals surface area contributed by atoms with Crippen molar-refractivity contribution in [2.24, 2.45) is 0 Å². The van der Waals surface area contributed by atoms with E-state index >= 15 is 0 Å². The molecule has 0 radical (unpaired) electrons. The zero-order valence-corrected chi connectivity index (χ0v) is 5.30. The highest BCUT2D eigenvalue weighted by molar-refractivity contribution is 5.02. The molecule has 0 fully saturated rings. The minimum Gasteiger partial charge on any atom is -0.103 e. The summed E-state index contributed by atoms with van der Waals surface area (Å²) in [5.74, 6) is 0. The van der Waals surface area contributed by atoms with E-state index in [1.807, 2.05) is 31.2 Å². The second-order valence-electron chi connectivity index (χ2n) is 1.48. The Kier molecular flexibility index (Phi) is 5.61. The molecule has 0 rings (SSSR count). The maximum absolute atomic E-state index is 3.58. The molecule has 0 aliphatic rings. The summed E-state index contributed by atoms with van der Waals surface area (Å²) in [5.41, 5.74) is 0. The van der Waals surface area contributed by atoms with Crippen LogP contribution < -0.4 is 0 Å². The largest absolute Gasteiger partial charge is 0.103 e. The Morgan fingerprint density at radius 2 is 2.12 bits per heavy atom. The quantitative estimate of drug-likeness (QED) is 0.385. The van der Waals surface area contributed by atoms with Crippen molar-refractivity contribution in [3.63, 3.8) is 0 Å². The summed E-state index contributed by atoms with van der Waals surface area (Å²) in [6, 6.07) is 0. The van der Waals surface area contributed by atoms with Crippen molar-refractivity contribution in [2.75, 3.05) is 0 Å². The van der Waals surface area contributed by atoms with Gasteiger partial charge >= 0.3 is 0 Å². The lowest BCUT2D eigenvalue weighted by Crippen LogP contribution is -1.51. The molecule has 44 valence electrons. The van der Waals surface area contributed by atoms with Crippen LogP contribution in [0.15, 0.2) is 37.0 Å². The summed E-state index contributed by atoms with van der Waals surface area (Å²) in [7, 11) is 0. The minimum atomic E-state index is 0.963. The molecule has 0 N–H and O–H groups in total. The van der Waals surface area contributed by atoms with Crippen molar-refractivity contribution in [2.45, 2.75) is 13.3 Å². The maximum Gasteiger partial charge on any atom is -0.0169 e. The van der Waals surface area contributed by atoms with Gasteiger partial charge in [0.1, 0.15) is 0 Å². The zero-order valence-electron chi connectivity index (χ0n) is 5.30. The SMILES string of the molecule is C=CC/C=C/C=C/C. The van der Waals surface area contributed by atoms with Crippen molar-refractivity contribution in [3.05, 3.63) is 37.0 Å². The van der Waals surface area contributed by atoms with Crippen LogP contribution in [0.4, 0.5) is 0 Å². The molecule has 0 atom stereocenters. The summed E-state index contributed by atoms with van der Waals surface area (Å²) in [6.07, 6.45) is 10.9. The van der Waals surface area contributed by atoms with Gasteiger partial charge in [-0.2, -0.15) is 0 Å². The lowest BCUT2D eigenvalue weighted by Gasteiger charge is -1.73. The number of hydrogen-bond donors (Lipinski definition) is 0. The van der Waals surface area contributed by atoms with Gasteiger partial charge in [-0.3, -0.25) is 0 Å². The van der Waals surface area contributed by atoms with Gasteiger partial charge in [0.05, 0.1) is 0 Å². The predicted molar refractivity (Wildman–Crippen MR) is 38.8 cm³/mol. The van der Waals surface area contributed by atoms with Crippen molar-refractivity contribution < 1.29 is 0 Å². The molecule has 0 aliphatic carbocycles. The van der Waals surface area contributed by atoms with E-state index in [1.165, 1.54) is 0 Å². The first-order valence-corrected chi connectivity index (χ1v) is 2.80. The Morgan fingerprint density at radius 1 is 1.38 bits per heavy atom. The van der Waals surface area contributed by atoms with E-state index in [9.17, 15) is 0 Å². The predicted octanol–water partition coefficient (Wildman–Crippen LogP) is 2.69. The first-order valence-electron chi connectivity index (χ1n) is 2.80. The Labute approximate surface area is 51.2 Å². The van der Waals surface area contributed by atoms with E-state index in [4.69, 9.17) is 0 Å². The lowest BCUT2D eigenvalue weighted by molar-refractivity contribution is 1.41. The summed E-state index contributed by atoms with van der Waals surface area (Å²) in [4.78, 5) is 0. The number of hydrogen-bond acceptors (Lipinski definition) is 0. The summed E-state index contributed by atoms with van der Waals surface area (Å²) >= 11 is 0. The molecule has 0 unspecified atom stereocenters. The van der Waals surface area contributed by atoms with Crippen molar-refractivity contribution in [3.8, 4) is 0 Å². The molecular weight excluding hydrogens is 96.1 g/mol. The average Bonchev–Trinajstić information content (AvgIpc) is 1.81.